The summed E-state index contributed by atoms with van der Waals surface area (Å²) in [4.78, 5) is 23.9. The van der Waals surface area contributed by atoms with Crippen molar-refractivity contribution < 1.29 is 27.5 Å². The molecule has 7 nitrogen and oxygen atoms in total. The molecule has 0 aliphatic carbocycles. The Morgan fingerprint density at radius 1 is 1.18 bits per heavy atom. The van der Waals surface area contributed by atoms with Gasteiger partial charge in [-0.2, -0.15) is 0 Å². The van der Waals surface area contributed by atoms with Gasteiger partial charge in [-0.3, -0.25) is 4.31 Å². The van der Waals surface area contributed by atoms with Gasteiger partial charge in [-0.1, -0.05) is 24.3 Å². The summed E-state index contributed by atoms with van der Waals surface area (Å²) < 4.78 is 37.9. The molecule has 146 valence electrons. The lowest BCUT2D eigenvalue weighted by Crippen LogP contribution is -2.35. The number of anilines is 1. The fraction of sp³-hybridized carbons (Fsp3) is 0.300. The van der Waals surface area contributed by atoms with E-state index in [-0.39, 0.29) is 23.1 Å². The molecule has 0 amide bonds. The normalized spacial score (nSPS) is 21.3. The highest BCUT2D eigenvalue weighted by molar-refractivity contribution is 7.92. The number of sulfonamides is 1. The van der Waals surface area contributed by atoms with Crippen LogP contribution in [-0.2, 0) is 30.7 Å². The molecule has 2 aliphatic heterocycles. The lowest BCUT2D eigenvalue weighted by molar-refractivity contribution is -0.145. The summed E-state index contributed by atoms with van der Waals surface area (Å²) in [5.74, 6) is -1.34. The number of benzene rings is 2. The first-order valence-electron chi connectivity index (χ1n) is 8.98. The van der Waals surface area contributed by atoms with Crippen LogP contribution < -0.4 is 4.31 Å². The van der Waals surface area contributed by atoms with Crippen LogP contribution in [0.15, 0.2) is 53.4 Å². The Hall–Kier alpha value is -2.87. The maximum absolute atomic E-state index is 13.3. The van der Waals surface area contributed by atoms with E-state index >= 15 is 0 Å². The van der Waals surface area contributed by atoms with Gasteiger partial charge in [0.05, 0.1) is 22.8 Å². The van der Waals surface area contributed by atoms with E-state index in [9.17, 15) is 18.0 Å². The number of carbonyl (C=O) groups is 2. The minimum Gasteiger partial charge on any atom is -0.463 e. The van der Waals surface area contributed by atoms with Crippen LogP contribution in [0.25, 0.3) is 0 Å². The Morgan fingerprint density at radius 3 is 2.71 bits per heavy atom. The zero-order valence-corrected chi connectivity index (χ0v) is 16.0. The van der Waals surface area contributed by atoms with Crippen molar-refractivity contribution in [2.45, 2.75) is 36.8 Å². The number of carbonyl (C=O) groups excluding carboxylic acids is 2. The molecule has 0 aromatic heterocycles. The molecule has 2 aliphatic rings. The van der Waals surface area contributed by atoms with E-state index in [1.807, 2.05) is 19.1 Å². The summed E-state index contributed by atoms with van der Waals surface area (Å²) in [6.45, 7) is 2.05. The van der Waals surface area contributed by atoms with Crippen LogP contribution in [0.2, 0.25) is 0 Å². The lowest BCUT2D eigenvalue weighted by Gasteiger charge is -2.24. The molecule has 2 aromatic carbocycles. The number of rotatable bonds is 4. The molecule has 0 spiro atoms. The molecular formula is C20H19NO6S. The van der Waals surface area contributed by atoms with Gasteiger partial charge in [-0.15, -0.1) is 0 Å². The van der Waals surface area contributed by atoms with Crippen LogP contribution in [-0.4, -0.2) is 39.1 Å². The maximum atomic E-state index is 13.3. The van der Waals surface area contributed by atoms with Gasteiger partial charge in [-0.25, -0.2) is 18.0 Å². The Morgan fingerprint density at radius 2 is 1.96 bits per heavy atom. The van der Waals surface area contributed by atoms with E-state index < -0.39 is 28.1 Å². The van der Waals surface area contributed by atoms with Crippen molar-refractivity contribution >= 4 is 27.6 Å². The molecule has 0 bridgehead atoms. The standard InChI is InChI=1S/C20H19NO6S/c1-13-11-14-5-2-3-8-17(14)21(13)28(24,25)16-7-4-6-15(12-16)19(22)27-18-9-10-26-20(18)23/h2-8,12-13,18H,9-11H2,1H3/t13-,18+/m1/s1. The molecule has 0 saturated carbocycles. The zero-order chi connectivity index (χ0) is 19.9. The van der Waals surface area contributed by atoms with Crippen molar-refractivity contribution in [2.75, 3.05) is 10.9 Å². The lowest BCUT2D eigenvalue weighted by atomic mass is 10.1. The van der Waals surface area contributed by atoms with E-state index in [0.29, 0.717) is 18.5 Å². The number of esters is 2. The number of hydrogen-bond acceptors (Lipinski definition) is 6. The highest BCUT2D eigenvalue weighted by atomic mass is 32.2. The maximum Gasteiger partial charge on any atom is 0.347 e. The van der Waals surface area contributed by atoms with E-state index in [0.717, 1.165) is 5.56 Å². The third-order valence-electron chi connectivity index (χ3n) is 4.91. The average Bonchev–Trinajstić information content (AvgIpc) is 3.24. The molecule has 4 rings (SSSR count). The Kier molecular flexibility index (Phi) is 4.58. The first kappa shape index (κ1) is 18.5. The number of fused-ring (bicyclic) bond motifs is 1. The summed E-state index contributed by atoms with van der Waals surface area (Å²) in [6, 6.07) is 12.8. The molecule has 0 unspecified atom stereocenters. The Balaban J connectivity index is 1.63. The number of ether oxygens (including phenoxy) is 2. The molecule has 2 atom stereocenters. The predicted molar refractivity (Wildman–Crippen MR) is 100 cm³/mol. The summed E-state index contributed by atoms with van der Waals surface area (Å²) in [6.07, 6.45) is -0.0239. The highest BCUT2D eigenvalue weighted by Gasteiger charge is 2.36. The van der Waals surface area contributed by atoms with Gasteiger partial charge in [0.2, 0.25) is 6.10 Å². The molecule has 0 N–H and O–H groups in total. The second-order valence-corrected chi connectivity index (χ2v) is 8.68. The van der Waals surface area contributed by atoms with E-state index in [1.165, 1.54) is 28.6 Å². The summed E-state index contributed by atoms with van der Waals surface area (Å²) in [5.41, 5.74) is 1.69. The van der Waals surface area contributed by atoms with Crippen LogP contribution in [0.1, 0.15) is 29.3 Å². The van der Waals surface area contributed by atoms with E-state index in [1.54, 1.807) is 12.1 Å². The van der Waals surface area contributed by atoms with E-state index in [2.05, 4.69) is 0 Å². The number of nitrogens with zero attached hydrogens (tertiary/aromatic N) is 1. The van der Waals surface area contributed by atoms with Crippen LogP contribution in [0, 0.1) is 0 Å². The first-order valence-corrected chi connectivity index (χ1v) is 10.4. The number of hydrogen-bond donors (Lipinski definition) is 0. The Labute approximate surface area is 162 Å². The van der Waals surface area contributed by atoms with Crippen LogP contribution >= 0.6 is 0 Å². The Bertz CT molecular complexity index is 1050. The van der Waals surface area contributed by atoms with Crippen molar-refractivity contribution in [1.29, 1.82) is 0 Å². The second kappa shape index (κ2) is 6.94. The van der Waals surface area contributed by atoms with Crippen molar-refractivity contribution in [3.63, 3.8) is 0 Å². The SMILES string of the molecule is C[C@@H]1Cc2ccccc2N1S(=O)(=O)c1cccc(C(=O)O[C@H]2CCOC2=O)c1. The summed E-state index contributed by atoms with van der Waals surface area (Å²) in [5, 5.41) is 0. The topological polar surface area (TPSA) is 90.0 Å². The molecule has 0 radical (unpaired) electrons. The smallest absolute Gasteiger partial charge is 0.347 e. The largest absolute Gasteiger partial charge is 0.463 e. The monoisotopic (exact) mass is 401 g/mol. The van der Waals surface area contributed by atoms with Gasteiger partial charge in [-0.05, 0) is 43.2 Å². The third kappa shape index (κ3) is 3.13. The first-order chi connectivity index (χ1) is 13.4. The zero-order valence-electron chi connectivity index (χ0n) is 15.2. The van der Waals surface area contributed by atoms with Crippen molar-refractivity contribution in [1.82, 2.24) is 0 Å². The van der Waals surface area contributed by atoms with Gasteiger partial charge >= 0.3 is 11.9 Å². The fourth-order valence-electron chi connectivity index (χ4n) is 3.58. The quantitative estimate of drug-likeness (QED) is 0.731. The van der Waals surface area contributed by atoms with Gasteiger partial charge in [0.15, 0.2) is 0 Å². The van der Waals surface area contributed by atoms with Crippen LogP contribution in [0.4, 0.5) is 5.69 Å². The minimum atomic E-state index is -3.86. The summed E-state index contributed by atoms with van der Waals surface area (Å²) >= 11 is 0. The molecule has 2 heterocycles. The van der Waals surface area contributed by atoms with Crippen LogP contribution in [0.3, 0.4) is 0 Å². The van der Waals surface area contributed by atoms with Crippen molar-refractivity contribution in [3.05, 3.63) is 59.7 Å². The molecule has 8 heteroatoms. The van der Waals surface area contributed by atoms with Crippen LogP contribution in [0.5, 0.6) is 0 Å². The van der Waals surface area contributed by atoms with Crippen molar-refractivity contribution in [3.8, 4) is 0 Å². The number of para-hydroxylation sites is 1. The third-order valence-corrected chi connectivity index (χ3v) is 6.83. The van der Waals surface area contributed by atoms with Gasteiger partial charge in [0, 0.05) is 12.5 Å². The predicted octanol–water partition coefficient (Wildman–Crippen LogP) is 2.30. The van der Waals surface area contributed by atoms with Gasteiger partial charge < -0.3 is 9.47 Å². The molecule has 1 saturated heterocycles. The minimum absolute atomic E-state index is 0.000462. The number of cyclic esters (lactones) is 1. The average molecular weight is 401 g/mol. The molecular weight excluding hydrogens is 382 g/mol. The van der Waals surface area contributed by atoms with Gasteiger partial charge in [0.25, 0.3) is 10.0 Å². The van der Waals surface area contributed by atoms with Gasteiger partial charge in [0.1, 0.15) is 0 Å². The van der Waals surface area contributed by atoms with E-state index in [4.69, 9.17) is 9.47 Å². The summed E-state index contributed by atoms with van der Waals surface area (Å²) in [7, 11) is -3.86. The molecule has 2 aromatic rings. The highest BCUT2D eigenvalue weighted by Crippen LogP contribution is 2.36. The second-order valence-electron chi connectivity index (χ2n) is 6.86. The fourth-order valence-corrected chi connectivity index (χ4v) is 5.32. The molecule has 28 heavy (non-hydrogen) atoms. The molecule has 1 fully saturated rings. The van der Waals surface area contributed by atoms with Crippen molar-refractivity contribution in [2.24, 2.45) is 0 Å².